The van der Waals surface area contributed by atoms with Gasteiger partial charge >= 0.3 is 5.97 Å². The number of methoxy groups -OCH3 is 2. The fraction of sp³-hybridized carbons (Fsp3) is 0.227. The minimum Gasteiger partial charge on any atom is -0.497 e. The van der Waals surface area contributed by atoms with Crippen molar-refractivity contribution in [1.82, 2.24) is 9.78 Å². The molecule has 1 heterocycles. The minimum absolute atomic E-state index is 0.0327. The van der Waals surface area contributed by atoms with Gasteiger partial charge in [-0.2, -0.15) is 5.10 Å². The fourth-order valence-corrected chi connectivity index (χ4v) is 3.07. The van der Waals surface area contributed by atoms with Gasteiger partial charge in [0, 0.05) is 35.4 Å². The van der Waals surface area contributed by atoms with Crippen LogP contribution in [0.4, 0.5) is 8.78 Å². The molecule has 0 saturated carbocycles. The van der Waals surface area contributed by atoms with E-state index >= 15 is 0 Å². The molecular formula is C22H20F2N2O5. The molecule has 0 unspecified atom stereocenters. The molecule has 0 aliphatic carbocycles. The third-order valence-corrected chi connectivity index (χ3v) is 4.56. The smallest absolute Gasteiger partial charge is 0.362 e. The zero-order valence-electron chi connectivity index (χ0n) is 17.4. The first-order valence-corrected chi connectivity index (χ1v) is 9.30. The van der Waals surface area contributed by atoms with Crippen LogP contribution in [0, 0.1) is 18.6 Å². The lowest BCUT2D eigenvalue weighted by molar-refractivity contribution is 0.0515. The highest BCUT2D eigenvalue weighted by Gasteiger charge is 2.24. The summed E-state index contributed by atoms with van der Waals surface area (Å²) in [5.74, 6) is -1.78. The molecule has 0 fully saturated rings. The molecule has 0 N–H and O–H groups in total. The second kappa shape index (κ2) is 8.95. The Morgan fingerprint density at radius 3 is 2.26 bits per heavy atom. The largest absolute Gasteiger partial charge is 0.497 e. The Bertz CT molecular complexity index is 1180. The van der Waals surface area contributed by atoms with Crippen molar-refractivity contribution in [2.24, 2.45) is 0 Å². The van der Waals surface area contributed by atoms with Gasteiger partial charge in [-0.1, -0.05) is 0 Å². The number of rotatable bonds is 6. The maximum absolute atomic E-state index is 14.7. The van der Waals surface area contributed by atoms with Gasteiger partial charge in [-0.15, -0.1) is 0 Å². The first-order chi connectivity index (χ1) is 14.8. The number of aromatic nitrogens is 2. The summed E-state index contributed by atoms with van der Waals surface area (Å²) in [6, 6.07) is 7.72. The van der Waals surface area contributed by atoms with Crippen molar-refractivity contribution in [3.05, 3.63) is 69.5 Å². The first-order valence-electron chi connectivity index (χ1n) is 9.30. The lowest BCUT2D eigenvalue weighted by atomic mass is 10.0. The maximum Gasteiger partial charge on any atom is 0.362 e. The number of carbonyl (C=O) groups is 1. The van der Waals surface area contributed by atoms with E-state index in [0.29, 0.717) is 23.3 Å². The Balaban J connectivity index is 2.42. The van der Waals surface area contributed by atoms with Crippen molar-refractivity contribution in [2.75, 3.05) is 20.8 Å². The topological polar surface area (TPSA) is 79.7 Å². The number of carbonyl (C=O) groups excluding carboxylic acids is 1. The van der Waals surface area contributed by atoms with Gasteiger partial charge in [0.05, 0.1) is 32.2 Å². The zero-order valence-corrected chi connectivity index (χ0v) is 17.4. The van der Waals surface area contributed by atoms with Crippen molar-refractivity contribution in [2.45, 2.75) is 13.8 Å². The second-order valence-corrected chi connectivity index (χ2v) is 6.48. The van der Waals surface area contributed by atoms with Crippen LogP contribution in [0.2, 0.25) is 0 Å². The second-order valence-electron chi connectivity index (χ2n) is 6.48. The molecule has 3 rings (SSSR count). The van der Waals surface area contributed by atoms with Gasteiger partial charge in [0.15, 0.2) is 0 Å². The van der Waals surface area contributed by atoms with Crippen molar-refractivity contribution >= 4 is 5.97 Å². The van der Waals surface area contributed by atoms with Crippen LogP contribution in [-0.4, -0.2) is 36.6 Å². The highest BCUT2D eigenvalue weighted by atomic mass is 19.1. The molecule has 3 aromatic rings. The molecule has 0 amide bonds. The van der Waals surface area contributed by atoms with Gasteiger partial charge < -0.3 is 14.2 Å². The van der Waals surface area contributed by atoms with Crippen LogP contribution >= 0.6 is 0 Å². The molecule has 0 radical (unpaired) electrons. The van der Waals surface area contributed by atoms with Crippen LogP contribution in [0.5, 0.6) is 11.5 Å². The molecule has 0 spiro atoms. The SMILES string of the molecule is CCOC(=O)c1nn(-c2cc(OC)cc(OC)c2)c(-c2ccc(F)cc2F)c(C)c1=O. The Morgan fingerprint density at radius 2 is 1.71 bits per heavy atom. The van der Waals surface area contributed by atoms with Gasteiger partial charge in [0.2, 0.25) is 11.1 Å². The Labute approximate surface area is 176 Å². The van der Waals surface area contributed by atoms with Gasteiger partial charge in [0.1, 0.15) is 23.1 Å². The van der Waals surface area contributed by atoms with E-state index in [-0.39, 0.29) is 23.4 Å². The summed E-state index contributed by atoms with van der Waals surface area (Å²) in [4.78, 5) is 25.2. The summed E-state index contributed by atoms with van der Waals surface area (Å²) in [6.07, 6.45) is 0. The van der Waals surface area contributed by atoms with Crippen LogP contribution in [-0.2, 0) is 4.74 Å². The minimum atomic E-state index is -0.912. The normalized spacial score (nSPS) is 10.6. The van der Waals surface area contributed by atoms with Gasteiger partial charge in [-0.3, -0.25) is 4.79 Å². The summed E-state index contributed by atoms with van der Waals surface area (Å²) in [5.41, 5.74) is -0.851. The van der Waals surface area contributed by atoms with Gasteiger partial charge in [0.25, 0.3) is 0 Å². The van der Waals surface area contributed by atoms with E-state index < -0.39 is 28.7 Å². The van der Waals surface area contributed by atoms with E-state index in [1.807, 2.05) is 0 Å². The molecule has 0 atom stereocenters. The zero-order chi connectivity index (χ0) is 22.7. The van der Waals surface area contributed by atoms with E-state index in [1.165, 1.54) is 31.9 Å². The number of esters is 1. The van der Waals surface area contributed by atoms with Gasteiger partial charge in [-0.25, -0.2) is 18.3 Å². The summed E-state index contributed by atoms with van der Waals surface area (Å²) in [7, 11) is 2.90. The highest BCUT2D eigenvalue weighted by Crippen LogP contribution is 2.31. The molecule has 1 aromatic heterocycles. The molecule has 31 heavy (non-hydrogen) atoms. The lowest BCUT2D eigenvalue weighted by Gasteiger charge is -2.18. The Hall–Kier alpha value is -3.75. The summed E-state index contributed by atoms with van der Waals surface area (Å²) in [6.45, 7) is 3.07. The monoisotopic (exact) mass is 430 g/mol. The maximum atomic E-state index is 14.7. The predicted molar refractivity (Wildman–Crippen MR) is 109 cm³/mol. The lowest BCUT2D eigenvalue weighted by Crippen LogP contribution is -2.27. The summed E-state index contributed by atoms with van der Waals surface area (Å²) < 4.78 is 44.9. The van der Waals surface area contributed by atoms with Crippen molar-refractivity contribution in [1.29, 1.82) is 0 Å². The van der Waals surface area contributed by atoms with Crippen LogP contribution in [0.15, 0.2) is 41.2 Å². The molecule has 9 heteroatoms. The predicted octanol–water partition coefficient (Wildman–Crippen LogP) is 3.68. The number of benzene rings is 2. The molecule has 162 valence electrons. The van der Waals surface area contributed by atoms with E-state index in [4.69, 9.17) is 14.2 Å². The third-order valence-electron chi connectivity index (χ3n) is 4.56. The van der Waals surface area contributed by atoms with Crippen molar-refractivity contribution in [3.63, 3.8) is 0 Å². The number of ether oxygens (including phenoxy) is 3. The molecule has 0 aliphatic heterocycles. The molecule has 0 saturated heterocycles. The van der Waals surface area contributed by atoms with E-state index in [1.54, 1.807) is 25.1 Å². The average Bonchev–Trinajstić information content (AvgIpc) is 2.75. The molecule has 7 nitrogen and oxygen atoms in total. The van der Waals surface area contributed by atoms with Crippen LogP contribution in [0.25, 0.3) is 16.9 Å². The van der Waals surface area contributed by atoms with Crippen LogP contribution in [0.1, 0.15) is 23.0 Å². The number of halogens is 2. The Morgan fingerprint density at radius 1 is 1.06 bits per heavy atom. The molecule has 0 bridgehead atoms. The Kier molecular flexibility index (Phi) is 6.33. The molecule has 0 aliphatic rings. The van der Waals surface area contributed by atoms with E-state index in [9.17, 15) is 18.4 Å². The fourth-order valence-electron chi connectivity index (χ4n) is 3.07. The van der Waals surface area contributed by atoms with Crippen molar-refractivity contribution < 1.29 is 27.8 Å². The standard InChI is InChI=1S/C22H20F2N2O5/c1-5-31-22(28)19-21(27)12(2)20(17-7-6-13(23)8-18(17)24)26(25-19)14-9-15(29-3)11-16(10-14)30-4/h6-11H,5H2,1-4H3. The summed E-state index contributed by atoms with van der Waals surface area (Å²) in [5, 5.41) is 4.17. The van der Waals surface area contributed by atoms with E-state index in [0.717, 1.165) is 6.07 Å². The number of nitrogens with zero attached hydrogens (tertiary/aromatic N) is 2. The summed E-state index contributed by atoms with van der Waals surface area (Å²) >= 11 is 0. The quantitative estimate of drug-likeness (QED) is 0.555. The van der Waals surface area contributed by atoms with Crippen molar-refractivity contribution in [3.8, 4) is 28.4 Å². The number of hydrogen-bond donors (Lipinski definition) is 0. The van der Waals surface area contributed by atoms with Crippen LogP contribution in [0.3, 0.4) is 0 Å². The molecule has 2 aromatic carbocycles. The number of hydrogen-bond acceptors (Lipinski definition) is 6. The average molecular weight is 430 g/mol. The van der Waals surface area contributed by atoms with Gasteiger partial charge in [-0.05, 0) is 26.0 Å². The molecular weight excluding hydrogens is 410 g/mol. The van der Waals surface area contributed by atoms with Crippen LogP contribution < -0.4 is 14.9 Å². The third kappa shape index (κ3) is 4.25. The first kappa shape index (κ1) is 21.9. The van der Waals surface area contributed by atoms with E-state index in [2.05, 4.69) is 5.10 Å². The highest BCUT2D eigenvalue weighted by molar-refractivity contribution is 5.88.